The molecule has 2 heterocycles. The maximum Gasteiger partial charge on any atom is 0.217 e. The zero-order valence-electron chi connectivity index (χ0n) is 22.2. The summed E-state index contributed by atoms with van der Waals surface area (Å²) >= 11 is 0. The van der Waals surface area contributed by atoms with Gasteiger partial charge in [0.05, 0.1) is 28.4 Å². The highest BCUT2D eigenvalue weighted by atomic mass is 16.5. The molecule has 0 amide bonds. The SMILES string of the molecule is CC(C)Oc1cc(-c2ccc3c4cc5ccccc5cc4n(-c4ccccc4)c3c2)nc(-c2ccccc2O)n1. The van der Waals surface area contributed by atoms with Crippen molar-refractivity contribution in [1.29, 1.82) is 0 Å². The van der Waals surface area contributed by atoms with Crippen LogP contribution in [0.2, 0.25) is 0 Å². The minimum Gasteiger partial charge on any atom is -0.507 e. The predicted octanol–water partition coefficient (Wildman–Crippen LogP) is 8.55. The first-order valence-electron chi connectivity index (χ1n) is 13.4. The van der Waals surface area contributed by atoms with Crippen molar-refractivity contribution >= 4 is 32.6 Å². The average molecular weight is 522 g/mol. The smallest absolute Gasteiger partial charge is 0.217 e. The van der Waals surface area contributed by atoms with Crippen LogP contribution >= 0.6 is 0 Å². The Morgan fingerprint density at radius 3 is 2.15 bits per heavy atom. The molecule has 0 radical (unpaired) electrons. The van der Waals surface area contributed by atoms with Gasteiger partial charge in [0.25, 0.3) is 0 Å². The van der Waals surface area contributed by atoms with Crippen LogP contribution < -0.4 is 4.74 Å². The van der Waals surface area contributed by atoms with E-state index in [1.807, 2.05) is 38.1 Å². The summed E-state index contributed by atoms with van der Waals surface area (Å²) < 4.78 is 8.33. The van der Waals surface area contributed by atoms with E-state index in [1.165, 1.54) is 21.5 Å². The Balaban J connectivity index is 1.50. The van der Waals surface area contributed by atoms with Crippen LogP contribution in [0, 0.1) is 0 Å². The van der Waals surface area contributed by atoms with E-state index in [2.05, 4.69) is 88.4 Å². The van der Waals surface area contributed by atoms with Gasteiger partial charge in [-0.25, -0.2) is 4.98 Å². The molecule has 5 heteroatoms. The summed E-state index contributed by atoms with van der Waals surface area (Å²) in [6.07, 6.45) is -0.0582. The number of hydrogen-bond donors (Lipinski definition) is 1. The zero-order valence-corrected chi connectivity index (χ0v) is 22.2. The van der Waals surface area contributed by atoms with E-state index in [1.54, 1.807) is 12.1 Å². The molecule has 0 aliphatic rings. The van der Waals surface area contributed by atoms with Gasteiger partial charge in [0.1, 0.15) is 5.75 Å². The lowest BCUT2D eigenvalue weighted by Gasteiger charge is -2.13. The summed E-state index contributed by atoms with van der Waals surface area (Å²) in [5.74, 6) is 1.01. The first-order valence-corrected chi connectivity index (χ1v) is 13.4. The highest BCUT2D eigenvalue weighted by molar-refractivity contribution is 6.14. The van der Waals surface area contributed by atoms with Crippen molar-refractivity contribution < 1.29 is 9.84 Å². The van der Waals surface area contributed by atoms with Crippen molar-refractivity contribution in [3.8, 4) is 40.0 Å². The standard InChI is InChI=1S/C35H27N3O2/c1-22(2)40-34-21-30(36-35(37-34)28-14-8-9-15-33(28)39)25-16-17-27-29-18-23-10-6-7-11-24(23)19-32(29)38(31(27)20-25)26-12-4-3-5-13-26/h3-22,39H,1-2H3. The molecule has 194 valence electrons. The summed E-state index contributed by atoms with van der Waals surface area (Å²) in [7, 11) is 0. The summed E-state index contributed by atoms with van der Waals surface area (Å²) in [6, 6.07) is 38.9. The minimum atomic E-state index is -0.0582. The van der Waals surface area contributed by atoms with Crippen molar-refractivity contribution in [2.24, 2.45) is 0 Å². The molecule has 0 bridgehead atoms. The molecule has 0 atom stereocenters. The van der Waals surface area contributed by atoms with Crippen molar-refractivity contribution in [3.63, 3.8) is 0 Å². The van der Waals surface area contributed by atoms with Gasteiger partial charge in [-0.3, -0.25) is 0 Å². The number of phenols is 1. The Bertz CT molecular complexity index is 2030. The number of rotatable bonds is 5. The van der Waals surface area contributed by atoms with E-state index < -0.39 is 0 Å². The molecule has 0 spiro atoms. The number of aromatic hydroxyl groups is 1. The second-order valence-corrected chi connectivity index (χ2v) is 10.2. The molecule has 7 aromatic rings. The first-order chi connectivity index (χ1) is 19.5. The molecule has 1 N–H and O–H groups in total. The van der Waals surface area contributed by atoms with E-state index in [0.29, 0.717) is 17.3 Å². The quantitative estimate of drug-likeness (QED) is 0.246. The second kappa shape index (κ2) is 9.54. The minimum absolute atomic E-state index is 0.0582. The summed E-state index contributed by atoms with van der Waals surface area (Å²) in [4.78, 5) is 9.51. The summed E-state index contributed by atoms with van der Waals surface area (Å²) in [5.41, 5.74) is 5.55. The molecular weight excluding hydrogens is 494 g/mol. The molecule has 2 aromatic heterocycles. The molecular formula is C35H27N3O2. The third kappa shape index (κ3) is 4.12. The van der Waals surface area contributed by atoms with Gasteiger partial charge in [-0.1, -0.05) is 66.7 Å². The number of fused-ring (bicyclic) bond motifs is 4. The number of ether oxygens (including phenoxy) is 1. The summed E-state index contributed by atoms with van der Waals surface area (Å²) in [5, 5.41) is 15.3. The third-order valence-corrected chi connectivity index (χ3v) is 7.15. The Hall–Kier alpha value is -5.16. The fourth-order valence-electron chi connectivity index (χ4n) is 5.38. The van der Waals surface area contributed by atoms with Crippen LogP contribution in [0.1, 0.15) is 13.8 Å². The maximum absolute atomic E-state index is 10.5. The molecule has 0 unspecified atom stereocenters. The Kier molecular flexibility index (Phi) is 5.71. The lowest BCUT2D eigenvalue weighted by molar-refractivity contribution is 0.232. The van der Waals surface area contributed by atoms with Gasteiger partial charge < -0.3 is 14.4 Å². The van der Waals surface area contributed by atoms with Gasteiger partial charge in [-0.2, -0.15) is 4.98 Å². The van der Waals surface area contributed by atoms with Crippen LogP contribution in [0.25, 0.3) is 60.9 Å². The predicted molar refractivity (Wildman–Crippen MR) is 162 cm³/mol. The molecule has 40 heavy (non-hydrogen) atoms. The Morgan fingerprint density at radius 1 is 0.675 bits per heavy atom. The number of phenolic OH excluding ortho intramolecular Hbond substituents is 1. The van der Waals surface area contributed by atoms with Crippen molar-refractivity contribution in [2.45, 2.75) is 20.0 Å². The second-order valence-electron chi connectivity index (χ2n) is 10.2. The van der Waals surface area contributed by atoms with Crippen molar-refractivity contribution in [3.05, 3.63) is 115 Å². The van der Waals surface area contributed by atoms with E-state index >= 15 is 0 Å². The van der Waals surface area contributed by atoms with Crippen molar-refractivity contribution in [1.82, 2.24) is 14.5 Å². The van der Waals surface area contributed by atoms with Gasteiger partial charge in [-0.05, 0) is 67.1 Å². The normalized spacial score (nSPS) is 11.6. The van der Waals surface area contributed by atoms with Gasteiger partial charge in [0.2, 0.25) is 5.88 Å². The van der Waals surface area contributed by atoms with Crippen LogP contribution in [-0.2, 0) is 0 Å². The van der Waals surface area contributed by atoms with Gasteiger partial charge in [0, 0.05) is 28.1 Å². The molecule has 0 fully saturated rings. The van der Waals surface area contributed by atoms with Gasteiger partial charge in [0.15, 0.2) is 5.82 Å². The van der Waals surface area contributed by atoms with E-state index in [4.69, 9.17) is 9.72 Å². The molecule has 7 rings (SSSR count). The Labute approximate surface area is 232 Å². The fraction of sp³-hybridized carbons (Fsp3) is 0.0857. The molecule has 0 aliphatic carbocycles. The molecule has 5 nitrogen and oxygen atoms in total. The molecule has 5 aromatic carbocycles. The lowest BCUT2D eigenvalue weighted by Crippen LogP contribution is -2.08. The first kappa shape index (κ1) is 23.9. The Morgan fingerprint density at radius 2 is 1.38 bits per heavy atom. The number of aromatic nitrogens is 3. The molecule has 0 saturated carbocycles. The van der Waals surface area contributed by atoms with E-state index in [-0.39, 0.29) is 11.9 Å². The maximum atomic E-state index is 10.5. The highest BCUT2D eigenvalue weighted by Gasteiger charge is 2.17. The number of para-hydroxylation sites is 2. The lowest BCUT2D eigenvalue weighted by atomic mass is 10.0. The molecule has 0 saturated heterocycles. The van der Waals surface area contributed by atoms with Crippen LogP contribution in [-0.4, -0.2) is 25.7 Å². The van der Waals surface area contributed by atoms with E-state index in [0.717, 1.165) is 28.0 Å². The fourth-order valence-corrected chi connectivity index (χ4v) is 5.38. The van der Waals surface area contributed by atoms with Gasteiger partial charge >= 0.3 is 0 Å². The zero-order chi connectivity index (χ0) is 27.2. The van der Waals surface area contributed by atoms with E-state index in [9.17, 15) is 5.11 Å². The average Bonchev–Trinajstić information content (AvgIpc) is 3.28. The van der Waals surface area contributed by atoms with Crippen LogP contribution in [0.4, 0.5) is 0 Å². The molecule has 0 aliphatic heterocycles. The van der Waals surface area contributed by atoms with Crippen LogP contribution in [0.3, 0.4) is 0 Å². The van der Waals surface area contributed by atoms with Crippen LogP contribution in [0.5, 0.6) is 11.6 Å². The monoisotopic (exact) mass is 521 g/mol. The summed E-state index contributed by atoms with van der Waals surface area (Å²) in [6.45, 7) is 3.94. The van der Waals surface area contributed by atoms with Crippen LogP contribution in [0.15, 0.2) is 115 Å². The topological polar surface area (TPSA) is 60.2 Å². The number of nitrogens with zero attached hydrogens (tertiary/aromatic N) is 3. The number of hydrogen-bond acceptors (Lipinski definition) is 4. The number of benzene rings is 5. The highest BCUT2D eigenvalue weighted by Crippen LogP contribution is 2.37. The largest absolute Gasteiger partial charge is 0.507 e. The third-order valence-electron chi connectivity index (χ3n) is 7.15. The van der Waals surface area contributed by atoms with Gasteiger partial charge in [-0.15, -0.1) is 0 Å². The van der Waals surface area contributed by atoms with Crippen molar-refractivity contribution in [2.75, 3.05) is 0 Å².